The maximum atomic E-state index is 4.56. The molecule has 0 spiro atoms. The summed E-state index contributed by atoms with van der Waals surface area (Å²) in [6, 6.07) is 0. The third kappa shape index (κ3) is 11.3. The third-order valence-electron chi connectivity index (χ3n) is 1.91. The maximum absolute atomic E-state index is 4.56. The predicted molar refractivity (Wildman–Crippen MR) is 81.8 cm³/mol. The molecule has 15 heavy (non-hydrogen) atoms. The highest BCUT2D eigenvalue weighted by atomic mass is 32.2. The molecule has 0 heterocycles. The van der Waals surface area contributed by atoms with Crippen LogP contribution < -0.4 is 0 Å². The highest BCUT2D eigenvalue weighted by Crippen LogP contribution is 2.32. The van der Waals surface area contributed by atoms with Crippen LogP contribution in [0.3, 0.4) is 0 Å². The van der Waals surface area contributed by atoms with Crippen molar-refractivity contribution in [2.24, 2.45) is 0 Å². The average Bonchev–Trinajstić information content (AvgIpc) is 2.09. The minimum Gasteiger partial charge on any atom is -0.172 e. The molecule has 0 aliphatic carbocycles. The quantitative estimate of drug-likeness (QED) is 0.498. The van der Waals surface area contributed by atoms with E-state index < -0.39 is 0 Å². The monoisotopic (exact) mass is 266 g/mol. The average molecular weight is 267 g/mol. The van der Waals surface area contributed by atoms with Crippen LogP contribution in [0.1, 0.15) is 47.5 Å². The van der Waals surface area contributed by atoms with Crippen molar-refractivity contribution >= 4 is 36.2 Å². The number of hydrogen-bond donors (Lipinski definition) is 1. The molecule has 92 valence electrons. The van der Waals surface area contributed by atoms with Crippen molar-refractivity contribution in [3.63, 3.8) is 0 Å². The van der Waals surface area contributed by atoms with Crippen molar-refractivity contribution in [1.82, 2.24) is 0 Å². The van der Waals surface area contributed by atoms with E-state index in [9.17, 15) is 0 Å². The molecule has 0 radical (unpaired) electrons. The zero-order valence-corrected chi connectivity index (χ0v) is 13.3. The van der Waals surface area contributed by atoms with Crippen LogP contribution in [-0.4, -0.2) is 26.8 Å². The molecule has 0 aromatic heterocycles. The van der Waals surface area contributed by atoms with Gasteiger partial charge < -0.3 is 0 Å². The smallest absolute Gasteiger partial charge is 0.0194 e. The SMILES string of the molecule is CCCCSCC(C)(C)SCC(C)(C)S. The lowest BCUT2D eigenvalue weighted by molar-refractivity contribution is 0.783. The molecule has 0 nitrogen and oxygen atoms in total. The molecule has 0 amide bonds. The zero-order chi connectivity index (χ0) is 11.9. The van der Waals surface area contributed by atoms with Crippen LogP contribution in [0.15, 0.2) is 0 Å². The zero-order valence-electron chi connectivity index (χ0n) is 10.8. The summed E-state index contributed by atoms with van der Waals surface area (Å²) in [7, 11) is 0. The van der Waals surface area contributed by atoms with Crippen LogP contribution >= 0.6 is 36.2 Å². The summed E-state index contributed by atoms with van der Waals surface area (Å²) in [4.78, 5) is 0. The Morgan fingerprint density at radius 2 is 1.67 bits per heavy atom. The van der Waals surface area contributed by atoms with Gasteiger partial charge in [-0.05, 0) is 26.0 Å². The topological polar surface area (TPSA) is 0 Å². The van der Waals surface area contributed by atoms with Crippen molar-refractivity contribution in [2.45, 2.75) is 57.0 Å². The molecule has 0 fully saturated rings. The maximum Gasteiger partial charge on any atom is 0.0194 e. The molecule has 3 heteroatoms. The fourth-order valence-electron chi connectivity index (χ4n) is 0.978. The number of hydrogen-bond acceptors (Lipinski definition) is 3. The molecule has 0 unspecified atom stereocenters. The van der Waals surface area contributed by atoms with Gasteiger partial charge in [0.2, 0.25) is 0 Å². The molecular formula is C12H26S3. The van der Waals surface area contributed by atoms with Crippen LogP contribution in [0.25, 0.3) is 0 Å². The summed E-state index contributed by atoms with van der Waals surface area (Å²) < 4.78 is 0.536. The van der Waals surface area contributed by atoms with E-state index in [-0.39, 0.29) is 4.75 Å². The Hall–Kier alpha value is 1.05. The molecule has 0 aliphatic rings. The van der Waals surface area contributed by atoms with Gasteiger partial charge in [-0.2, -0.15) is 36.2 Å². The van der Waals surface area contributed by atoms with E-state index in [0.717, 1.165) is 5.75 Å². The summed E-state index contributed by atoms with van der Waals surface area (Å²) >= 11 is 8.70. The Kier molecular flexibility index (Phi) is 7.91. The summed E-state index contributed by atoms with van der Waals surface area (Å²) in [6.07, 6.45) is 2.66. The van der Waals surface area contributed by atoms with Gasteiger partial charge in [-0.25, -0.2) is 0 Å². The molecule has 0 bridgehead atoms. The Balaban J connectivity index is 3.67. The van der Waals surface area contributed by atoms with Crippen LogP contribution in [0, 0.1) is 0 Å². The van der Waals surface area contributed by atoms with Crippen LogP contribution in [0.5, 0.6) is 0 Å². The van der Waals surface area contributed by atoms with E-state index in [1.165, 1.54) is 24.3 Å². The number of unbranched alkanes of at least 4 members (excludes halogenated alkanes) is 1. The molecule has 0 N–H and O–H groups in total. The summed E-state index contributed by atoms with van der Waals surface area (Å²) in [6.45, 7) is 11.3. The first-order valence-electron chi connectivity index (χ1n) is 5.71. The lowest BCUT2D eigenvalue weighted by Crippen LogP contribution is -2.24. The lowest BCUT2D eigenvalue weighted by atomic mass is 10.2. The Morgan fingerprint density at radius 1 is 1.07 bits per heavy atom. The lowest BCUT2D eigenvalue weighted by Gasteiger charge is -2.27. The highest BCUT2D eigenvalue weighted by Gasteiger charge is 2.22. The number of rotatable bonds is 8. The first kappa shape index (κ1) is 16.1. The summed E-state index contributed by atoms with van der Waals surface area (Å²) in [5.41, 5.74) is 0. The van der Waals surface area contributed by atoms with Crippen LogP contribution in [0.2, 0.25) is 0 Å². The van der Waals surface area contributed by atoms with Gasteiger partial charge in [0.1, 0.15) is 0 Å². The van der Waals surface area contributed by atoms with Gasteiger partial charge in [-0.3, -0.25) is 0 Å². The molecular weight excluding hydrogens is 240 g/mol. The number of thioether (sulfide) groups is 2. The van der Waals surface area contributed by atoms with Gasteiger partial charge in [0.25, 0.3) is 0 Å². The summed E-state index contributed by atoms with van der Waals surface area (Å²) in [5, 5.41) is 0. The van der Waals surface area contributed by atoms with Crippen LogP contribution in [-0.2, 0) is 0 Å². The van der Waals surface area contributed by atoms with Crippen molar-refractivity contribution < 1.29 is 0 Å². The normalized spacial score (nSPS) is 13.2. The van der Waals surface area contributed by atoms with Crippen molar-refractivity contribution in [3.8, 4) is 0 Å². The third-order valence-corrected chi connectivity index (χ3v) is 5.76. The van der Waals surface area contributed by atoms with Crippen molar-refractivity contribution in [2.75, 3.05) is 17.3 Å². The van der Waals surface area contributed by atoms with Gasteiger partial charge in [-0.15, -0.1) is 0 Å². The van der Waals surface area contributed by atoms with E-state index >= 15 is 0 Å². The second-order valence-corrected chi connectivity index (χ2v) is 9.27. The molecule has 0 saturated heterocycles. The van der Waals surface area contributed by atoms with Crippen molar-refractivity contribution in [1.29, 1.82) is 0 Å². The van der Waals surface area contributed by atoms with Gasteiger partial charge in [0, 0.05) is 21.0 Å². The molecule has 0 atom stereocenters. The molecule has 0 rings (SSSR count). The van der Waals surface area contributed by atoms with Gasteiger partial charge in [-0.1, -0.05) is 27.2 Å². The first-order chi connectivity index (χ1) is 6.77. The fourth-order valence-corrected chi connectivity index (χ4v) is 3.63. The second-order valence-electron chi connectivity index (χ2n) is 5.27. The van der Waals surface area contributed by atoms with E-state index in [4.69, 9.17) is 0 Å². The Bertz CT molecular complexity index is 159. The Morgan fingerprint density at radius 3 is 2.13 bits per heavy atom. The summed E-state index contributed by atoms with van der Waals surface area (Å²) in [5.74, 6) is 3.68. The molecule has 0 aliphatic heterocycles. The van der Waals surface area contributed by atoms with Crippen molar-refractivity contribution in [3.05, 3.63) is 0 Å². The van der Waals surface area contributed by atoms with Crippen LogP contribution in [0.4, 0.5) is 0 Å². The predicted octanol–water partition coefficient (Wildman–Crippen LogP) is 4.74. The minimum absolute atomic E-state index is 0.149. The minimum atomic E-state index is 0.149. The van der Waals surface area contributed by atoms with Gasteiger partial charge in [0.05, 0.1) is 0 Å². The molecule has 0 aromatic carbocycles. The van der Waals surface area contributed by atoms with Gasteiger partial charge in [0.15, 0.2) is 0 Å². The first-order valence-corrected chi connectivity index (χ1v) is 8.30. The van der Waals surface area contributed by atoms with E-state index in [1.807, 2.05) is 11.8 Å². The van der Waals surface area contributed by atoms with E-state index in [1.54, 1.807) is 0 Å². The molecule has 0 saturated carbocycles. The standard InChI is InChI=1S/C12H26S3/c1-6-7-8-14-10-12(4,5)15-9-11(2,3)13/h13H,6-10H2,1-5H3. The second kappa shape index (κ2) is 7.39. The highest BCUT2D eigenvalue weighted by molar-refractivity contribution is 8.04. The van der Waals surface area contributed by atoms with E-state index in [0.29, 0.717) is 4.75 Å². The Labute approximate surface area is 110 Å². The largest absolute Gasteiger partial charge is 0.172 e. The fraction of sp³-hybridized carbons (Fsp3) is 1.00. The number of thiol groups is 1. The molecule has 0 aromatic rings. The van der Waals surface area contributed by atoms with E-state index in [2.05, 4.69) is 59.0 Å². The van der Waals surface area contributed by atoms with Gasteiger partial charge >= 0.3 is 0 Å².